The van der Waals surface area contributed by atoms with Gasteiger partial charge in [0.15, 0.2) is 0 Å². The maximum absolute atomic E-state index is 3.81. The highest BCUT2D eigenvalue weighted by atomic mass is 14.9. The molecule has 1 heteroatoms. The lowest BCUT2D eigenvalue weighted by Crippen LogP contribution is -2.26. The number of rotatable bonds is 5. The topological polar surface area (TPSA) is 12.0 Å². The van der Waals surface area contributed by atoms with Crippen molar-refractivity contribution in [3.05, 3.63) is 107 Å². The molecule has 0 aliphatic heterocycles. The molecule has 0 amide bonds. The normalized spacial score (nSPS) is 13.5. The van der Waals surface area contributed by atoms with Crippen molar-refractivity contribution >= 4 is 0 Å². The summed E-state index contributed by atoms with van der Waals surface area (Å²) >= 11 is 0. The number of nitrogens with one attached hydrogen (secondary N) is 1. The molecule has 0 heterocycles. The van der Waals surface area contributed by atoms with Gasteiger partial charge in [-0.05, 0) is 36.1 Å². The molecule has 3 aromatic rings. The Morgan fingerprint density at radius 3 is 1.78 bits per heavy atom. The quantitative estimate of drug-likeness (QED) is 0.662. The number of aryl methyl sites for hydroxylation is 1. The van der Waals surface area contributed by atoms with Gasteiger partial charge in [0.05, 0.1) is 6.04 Å². The van der Waals surface area contributed by atoms with Crippen LogP contribution in [0.4, 0.5) is 0 Å². The van der Waals surface area contributed by atoms with Crippen molar-refractivity contribution in [3.63, 3.8) is 0 Å². The first-order valence-corrected chi connectivity index (χ1v) is 8.17. The zero-order valence-electron chi connectivity index (χ0n) is 13.7. The molecule has 0 fully saturated rings. The van der Waals surface area contributed by atoms with E-state index in [1.807, 2.05) is 0 Å². The van der Waals surface area contributed by atoms with Gasteiger partial charge in [0, 0.05) is 6.04 Å². The molecule has 0 aliphatic carbocycles. The van der Waals surface area contributed by atoms with E-state index in [1.54, 1.807) is 0 Å². The summed E-state index contributed by atoms with van der Waals surface area (Å²) in [7, 11) is 0. The highest BCUT2D eigenvalue weighted by molar-refractivity contribution is 5.37. The maximum atomic E-state index is 3.81. The lowest BCUT2D eigenvalue weighted by atomic mass is 9.93. The fourth-order valence-electron chi connectivity index (χ4n) is 3.01. The third-order valence-electron chi connectivity index (χ3n) is 4.35. The third kappa shape index (κ3) is 3.69. The summed E-state index contributed by atoms with van der Waals surface area (Å²) in [6.45, 7) is 4.41. The van der Waals surface area contributed by atoms with Gasteiger partial charge < -0.3 is 0 Å². The Bertz CT molecular complexity index is 734. The summed E-state index contributed by atoms with van der Waals surface area (Å²) in [4.78, 5) is 0. The second kappa shape index (κ2) is 7.26. The van der Waals surface area contributed by atoms with Gasteiger partial charge in [0.25, 0.3) is 0 Å². The first kappa shape index (κ1) is 15.5. The lowest BCUT2D eigenvalue weighted by Gasteiger charge is -2.26. The maximum Gasteiger partial charge on any atom is 0.0583 e. The van der Waals surface area contributed by atoms with Crippen molar-refractivity contribution in [1.29, 1.82) is 0 Å². The van der Waals surface area contributed by atoms with Crippen molar-refractivity contribution in [2.45, 2.75) is 25.9 Å². The van der Waals surface area contributed by atoms with Gasteiger partial charge in [-0.3, -0.25) is 5.32 Å². The van der Waals surface area contributed by atoms with Crippen molar-refractivity contribution in [2.75, 3.05) is 0 Å². The molecule has 0 bridgehead atoms. The van der Waals surface area contributed by atoms with E-state index in [1.165, 1.54) is 22.3 Å². The summed E-state index contributed by atoms with van der Waals surface area (Å²) in [6, 6.07) is 30.4. The Morgan fingerprint density at radius 2 is 1.17 bits per heavy atom. The average Bonchev–Trinajstić information content (AvgIpc) is 2.62. The zero-order valence-corrected chi connectivity index (χ0v) is 13.7. The Labute approximate surface area is 139 Å². The van der Waals surface area contributed by atoms with Crippen LogP contribution in [0.1, 0.15) is 41.3 Å². The minimum Gasteiger partial charge on any atom is -0.300 e. The van der Waals surface area contributed by atoms with Crippen LogP contribution >= 0.6 is 0 Å². The molecule has 0 aliphatic rings. The van der Waals surface area contributed by atoms with Crippen molar-refractivity contribution in [1.82, 2.24) is 5.32 Å². The third-order valence-corrected chi connectivity index (χ3v) is 4.35. The van der Waals surface area contributed by atoms with Crippen LogP contribution in [-0.2, 0) is 0 Å². The van der Waals surface area contributed by atoms with Crippen LogP contribution in [0.2, 0.25) is 0 Å². The van der Waals surface area contributed by atoms with Crippen LogP contribution in [0.5, 0.6) is 0 Å². The fourth-order valence-corrected chi connectivity index (χ4v) is 3.01. The Morgan fingerprint density at radius 1 is 0.652 bits per heavy atom. The van der Waals surface area contributed by atoms with E-state index in [4.69, 9.17) is 0 Å². The smallest absolute Gasteiger partial charge is 0.0583 e. The summed E-state index contributed by atoms with van der Waals surface area (Å²) in [5.74, 6) is 0. The molecule has 3 aromatic carbocycles. The minimum absolute atomic E-state index is 0.188. The monoisotopic (exact) mass is 301 g/mol. The van der Waals surface area contributed by atoms with Crippen molar-refractivity contribution in [3.8, 4) is 0 Å². The molecule has 116 valence electrons. The van der Waals surface area contributed by atoms with Gasteiger partial charge in [-0.25, -0.2) is 0 Å². The fraction of sp³-hybridized carbons (Fsp3) is 0.182. The molecule has 0 saturated carbocycles. The standard InChI is InChI=1S/C22H23N/c1-17-11-9-10-16-21(17)22(20-14-7-4-8-15-20)23-18(2)19-12-5-3-6-13-19/h3-16,18,22-23H,1-2H3/t18-,22+/m0/s1. The summed E-state index contributed by atoms with van der Waals surface area (Å²) in [5.41, 5.74) is 5.25. The molecule has 0 saturated heterocycles. The first-order valence-electron chi connectivity index (χ1n) is 8.17. The second-order valence-electron chi connectivity index (χ2n) is 6.00. The lowest BCUT2D eigenvalue weighted by molar-refractivity contribution is 0.515. The molecule has 0 unspecified atom stereocenters. The number of benzene rings is 3. The van der Waals surface area contributed by atoms with Gasteiger partial charge in [-0.1, -0.05) is 84.9 Å². The summed E-state index contributed by atoms with van der Waals surface area (Å²) in [6.07, 6.45) is 0. The van der Waals surface area contributed by atoms with E-state index >= 15 is 0 Å². The highest BCUT2D eigenvalue weighted by Gasteiger charge is 2.18. The van der Waals surface area contributed by atoms with Crippen LogP contribution in [0.25, 0.3) is 0 Å². The highest BCUT2D eigenvalue weighted by Crippen LogP contribution is 2.28. The molecule has 0 aromatic heterocycles. The molecular formula is C22H23N. The van der Waals surface area contributed by atoms with Gasteiger partial charge in [-0.2, -0.15) is 0 Å². The van der Waals surface area contributed by atoms with Crippen LogP contribution < -0.4 is 5.32 Å². The van der Waals surface area contributed by atoms with Crippen LogP contribution in [-0.4, -0.2) is 0 Å². The molecule has 0 radical (unpaired) electrons. The average molecular weight is 301 g/mol. The van der Waals surface area contributed by atoms with Crippen molar-refractivity contribution in [2.24, 2.45) is 0 Å². The first-order chi connectivity index (χ1) is 11.3. The molecule has 23 heavy (non-hydrogen) atoms. The molecule has 3 rings (SSSR count). The Balaban J connectivity index is 1.95. The van der Waals surface area contributed by atoms with E-state index in [0.29, 0.717) is 0 Å². The molecule has 2 atom stereocenters. The van der Waals surface area contributed by atoms with E-state index in [2.05, 4.69) is 104 Å². The Hall–Kier alpha value is -2.38. The zero-order chi connectivity index (χ0) is 16.1. The minimum atomic E-state index is 0.188. The van der Waals surface area contributed by atoms with Gasteiger partial charge >= 0.3 is 0 Å². The van der Waals surface area contributed by atoms with E-state index in [-0.39, 0.29) is 12.1 Å². The predicted molar refractivity (Wildman–Crippen MR) is 97.5 cm³/mol. The Kier molecular flexibility index (Phi) is 4.89. The van der Waals surface area contributed by atoms with Gasteiger partial charge in [0.2, 0.25) is 0 Å². The molecular weight excluding hydrogens is 278 g/mol. The SMILES string of the molecule is Cc1ccccc1[C@H](N[C@@H](C)c1ccccc1)c1ccccc1. The molecule has 1 nitrogen and oxygen atoms in total. The van der Waals surface area contributed by atoms with Crippen LogP contribution in [0, 0.1) is 6.92 Å². The van der Waals surface area contributed by atoms with Crippen LogP contribution in [0.15, 0.2) is 84.9 Å². The van der Waals surface area contributed by atoms with E-state index in [0.717, 1.165) is 0 Å². The number of hydrogen-bond acceptors (Lipinski definition) is 1. The van der Waals surface area contributed by atoms with Gasteiger partial charge in [0.1, 0.15) is 0 Å². The summed E-state index contributed by atoms with van der Waals surface area (Å²) in [5, 5.41) is 3.81. The van der Waals surface area contributed by atoms with E-state index in [9.17, 15) is 0 Å². The summed E-state index contributed by atoms with van der Waals surface area (Å²) < 4.78 is 0. The second-order valence-corrected chi connectivity index (χ2v) is 6.00. The van der Waals surface area contributed by atoms with Crippen molar-refractivity contribution < 1.29 is 0 Å². The number of hydrogen-bond donors (Lipinski definition) is 1. The molecule has 0 spiro atoms. The predicted octanol–water partition coefficient (Wildman–Crippen LogP) is 5.44. The van der Waals surface area contributed by atoms with E-state index < -0.39 is 0 Å². The van der Waals surface area contributed by atoms with Gasteiger partial charge in [-0.15, -0.1) is 0 Å². The van der Waals surface area contributed by atoms with Crippen LogP contribution in [0.3, 0.4) is 0 Å². The largest absolute Gasteiger partial charge is 0.300 e. The molecule has 1 N–H and O–H groups in total.